The van der Waals surface area contributed by atoms with Crippen LogP contribution in [0.15, 0.2) is 36.4 Å². The molecule has 0 atom stereocenters. The summed E-state index contributed by atoms with van der Waals surface area (Å²) >= 11 is 0. The first-order chi connectivity index (χ1) is 11.7. The highest BCUT2D eigenvalue weighted by molar-refractivity contribution is 6.22. The zero-order valence-corrected chi connectivity index (χ0v) is 13.6. The Bertz CT molecular complexity index is 836. The zero-order valence-electron chi connectivity index (χ0n) is 13.6. The smallest absolute Gasteiger partial charge is 0.197 e. The predicted molar refractivity (Wildman–Crippen MR) is 93.0 cm³/mol. The van der Waals surface area contributed by atoms with Crippen LogP contribution in [0.3, 0.4) is 0 Å². The van der Waals surface area contributed by atoms with Crippen molar-refractivity contribution in [3.8, 4) is 11.1 Å². The molecular formula is C21H20FNO. The van der Waals surface area contributed by atoms with Crippen molar-refractivity contribution >= 4 is 11.5 Å². The first-order valence-corrected chi connectivity index (χ1v) is 8.96. The molecule has 2 bridgehead atoms. The van der Waals surface area contributed by atoms with E-state index in [1.807, 2.05) is 18.2 Å². The number of rotatable bonds is 1. The number of halogens is 1. The molecule has 4 aliphatic rings. The lowest BCUT2D eigenvalue weighted by Gasteiger charge is -2.33. The lowest BCUT2D eigenvalue weighted by Crippen LogP contribution is -2.34. The maximum atomic E-state index is 14.1. The molecular weight excluding hydrogens is 300 g/mol. The summed E-state index contributed by atoms with van der Waals surface area (Å²) in [7, 11) is 0. The van der Waals surface area contributed by atoms with Crippen molar-refractivity contribution in [2.24, 2.45) is 5.92 Å². The Morgan fingerprint density at radius 2 is 1.75 bits per heavy atom. The van der Waals surface area contributed by atoms with Gasteiger partial charge in [-0.1, -0.05) is 18.2 Å². The van der Waals surface area contributed by atoms with E-state index in [-0.39, 0.29) is 11.3 Å². The molecule has 0 aromatic heterocycles. The van der Waals surface area contributed by atoms with Crippen LogP contribution in [0.2, 0.25) is 0 Å². The molecule has 0 N–H and O–H groups in total. The van der Waals surface area contributed by atoms with Crippen LogP contribution < -0.4 is 4.90 Å². The fourth-order valence-electron chi connectivity index (χ4n) is 4.84. The third kappa shape index (κ3) is 1.97. The van der Waals surface area contributed by atoms with Crippen LogP contribution in [-0.2, 0) is 0 Å². The molecule has 24 heavy (non-hydrogen) atoms. The molecule has 2 saturated heterocycles. The van der Waals surface area contributed by atoms with Gasteiger partial charge in [-0.3, -0.25) is 4.79 Å². The zero-order chi connectivity index (χ0) is 16.3. The molecule has 3 heteroatoms. The second kappa shape index (κ2) is 5.17. The molecule has 2 aromatic rings. The standard InChI is InChI=1S/C21H20FNO/c22-19-3-1-2-17-16-9-8-15(12-18(16)21(24)20(17)19)23-11-10-13-4-6-14(23)7-5-13/h1-3,8-9,12-14H,4-7,10-11H2/i22-1. The van der Waals surface area contributed by atoms with Gasteiger partial charge in [-0.2, -0.15) is 0 Å². The third-order valence-electron chi connectivity index (χ3n) is 6.15. The van der Waals surface area contributed by atoms with Gasteiger partial charge in [-0.25, -0.2) is 4.39 Å². The Hall–Kier alpha value is -2.16. The quantitative estimate of drug-likeness (QED) is 0.641. The Morgan fingerprint density at radius 3 is 2.58 bits per heavy atom. The number of hydrogen-bond acceptors (Lipinski definition) is 2. The molecule has 2 aliphatic carbocycles. The van der Waals surface area contributed by atoms with Gasteiger partial charge in [0.05, 0.1) is 5.56 Å². The number of anilines is 1. The Morgan fingerprint density at radius 1 is 0.917 bits per heavy atom. The van der Waals surface area contributed by atoms with E-state index >= 15 is 0 Å². The van der Waals surface area contributed by atoms with Crippen LogP contribution in [-0.4, -0.2) is 18.4 Å². The third-order valence-corrected chi connectivity index (χ3v) is 6.15. The fraction of sp³-hybridized carbons (Fsp3) is 0.381. The van der Waals surface area contributed by atoms with Crippen molar-refractivity contribution < 1.29 is 9.18 Å². The minimum atomic E-state index is -0.413. The highest BCUT2D eigenvalue weighted by Gasteiger charge is 2.33. The minimum Gasteiger partial charge on any atom is -0.369 e. The largest absolute Gasteiger partial charge is 0.369 e. The molecule has 2 aliphatic heterocycles. The summed E-state index contributed by atoms with van der Waals surface area (Å²) in [5, 5.41) is 0. The predicted octanol–water partition coefficient (Wildman–Crippen LogP) is 4.81. The number of nitrogens with zero attached hydrogens (tertiary/aromatic N) is 1. The molecule has 3 fully saturated rings. The van der Waals surface area contributed by atoms with Crippen LogP contribution in [0.1, 0.15) is 48.0 Å². The summed E-state index contributed by atoms with van der Waals surface area (Å²) in [6.07, 6.45) is 6.43. The molecule has 0 radical (unpaired) electrons. The number of benzene rings is 2. The van der Waals surface area contributed by atoms with Crippen LogP contribution in [0.25, 0.3) is 11.1 Å². The number of ketones is 1. The van der Waals surface area contributed by atoms with Crippen molar-refractivity contribution in [3.63, 3.8) is 0 Å². The maximum Gasteiger partial charge on any atom is 0.197 e. The van der Waals surface area contributed by atoms with Crippen LogP contribution in [0.5, 0.6) is 0 Å². The number of hydrogen-bond donors (Lipinski definition) is 0. The van der Waals surface area contributed by atoms with Crippen molar-refractivity contribution in [3.05, 3.63) is 53.3 Å². The van der Waals surface area contributed by atoms with Gasteiger partial charge in [0.15, 0.2) is 5.78 Å². The van der Waals surface area contributed by atoms with Gasteiger partial charge < -0.3 is 4.90 Å². The number of carbonyl (C=O) groups excluding carboxylic acids is 1. The van der Waals surface area contributed by atoms with Gasteiger partial charge in [0.2, 0.25) is 0 Å². The van der Waals surface area contributed by atoms with Gasteiger partial charge in [0, 0.05) is 23.8 Å². The van der Waals surface area contributed by atoms with Crippen molar-refractivity contribution in [2.45, 2.75) is 38.1 Å². The van der Waals surface area contributed by atoms with Crippen molar-refractivity contribution in [1.82, 2.24) is 0 Å². The van der Waals surface area contributed by atoms with Gasteiger partial charge in [-0.15, -0.1) is 0 Å². The molecule has 2 aromatic carbocycles. The molecule has 0 spiro atoms. The molecule has 0 amide bonds. The second-order valence-corrected chi connectivity index (χ2v) is 7.38. The van der Waals surface area contributed by atoms with Crippen molar-refractivity contribution in [1.29, 1.82) is 0 Å². The molecule has 2 nitrogen and oxygen atoms in total. The lowest BCUT2D eigenvalue weighted by molar-refractivity contribution is 0.104. The molecule has 1 saturated carbocycles. The van der Waals surface area contributed by atoms with Gasteiger partial charge in [0.25, 0.3) is 0 Å². The molecule has 122 valence electrons. The summed E-state index contributed by atoms with van der Waals surface area (Å²) in [5.41, 5.74) is 3.63. The number of carbonyl (C=O) groups is 1. The first-order valence-electron chi connectivity index (χ1n) is 8.96. The molecule has 6 rings (SSSR count). The van der Waals surface area contributed by atoms with E-state index in [2.05, 4.69) is 11.0 Å². The van der Waals surface area contributed by atoms with Crippen LogP contribution in [0.4, 0.5) is 10.1 Å². The summed E-state index contributed by atoms with van der Waals surface area (Å²) in [6.45, 7) is 1.07. The maximum absolute atomic E-state index is 14.1. The second-order valence-electron chi connectivity index (χ2n) is 7.38. The minimum absolute atomic E-state index is 0.168. The molecule has 2 heterocycles. The van der Waals surface area contributed by atoms with E-state index in [4.69, 9.17) is 0 Å². The van der Waals surface area contributed by atoms with E-state index in [0.29, 0.717) is 11.6 Å². The summed E-state index contributed by atoms with van der Waals surface area (Å²) in [4.78, 5) is 15.2. The van der Waals surface area contributed by atoms with E-state index in [0.717, 1.165) is 29.3 Å². The lowest BCUT2D eigenvalue weighted by atomic mass is 9.86. The highest BCUT2D eigenvalue weighted by Crippen LogP contribution is 2.42. The van der Waals surface area contributed by atoms with Gasteiger partial charge >= 0.3 is 0 Å². The average Bonchev–Trinajstić information content (AvgIpc) is 2.78. The van der Waals surface area contributed by atoms with E-state index in [9.17, 15) is 9.18 Å². The van der Waals surface area contributed by atoms with Gasteiger partial charge in [0.1, 0.15) is 5.82 Å². The van der Waals surface area contributed by atoms with E-state index in [1.165, 1.54) is 38.2 Å². The average molecular weight is 320 g/mol. The fourth-order valence-corrected chi connectivity index (χ4v) is 4.84. The Balaban J connectivity index is 1.57. The number of fused-ring (bicyclic) bond motifs is 7. The monoisotopic (exact) mass is 320 g/mol. The van der Waals surface area contributed by atoms with E-state index in [1.54, 1.807) is 6.07 Å². The normalized spacial score (nSPS) is 24.7. The van der Waals surface area contributed by atoms with Crippen LogP contribution >= 0.6 is 0 Å². The van der Waals surface area contributed by atoms with E-state index < -0.39 is 5.82 Å². The molecule has 0 unspecified atom stereocenters. The van der Waals surface area contributed by atoms with Crippen molar-refractivity contribution in [2.75, 3.05) is 11.4 Å². The van der Waals surface area contributed by atoms with Crippen LogP contribution in [0, 0.1) is 11.7 Å². The topological polar surface area (TPSA) is 20.3 Å². The summed E-state index contributed by atoms with van der Waals surface area (Å²) < 4.78 is 14.1. The first kappa shape index (κ1) is 14.2. The SMILES string of the molecule is O=C1c2cc(N3CCC4CCC3CC4)ccc2-c2cccc([18F])c21. The summed E-state index contributed by atoms with van der Waals surface area (Å²) in [6, 6.07) is 11.6. The Labute approximate surface area is 141 Å². The summed E-state index contributed by atoms with van der Waals surface area (Å²) in [5.74, 6) is 0.295. The Kier molecular flexibility index (Phi) is 3.06. The highest BCUT2D eigenvalue weighted by atomic mass is 18.2. The van der Waals surface area contributed by atoms with Gasteiger partial charge in [-0.05, 0) is 67.3 Å².